The zero-order chi connectivity index (χ0) is 21.8. The number of imidazole rings is 1. The van der Waals surface area contributed by atoms with Crippen LogP contribution in [0, 0.1) is 20.8 Å². The van der Waals surface area contributed by atoms with E-state index in [1.54, 1.807) is 11.8 Å². The number of carbonyl (C=O) groups is 1. The Morgan fingerprint density at radius 1 is 1.10 bits per heavy atom. The van der Waals surface area contributed by atoms with Crippen LogP contribution in [0.25, 0.3) is 11.0 Å². The van der Waals surface area contributed by atoms with Crippen molar-refractivity contribution in [1.29, 1.82) is 0 Å². The van der Waals surface area contributed by atoms with E-state index >= 15 is 0 Å². The minimum absolute atomic E-state index is 0.0472. The second-order valence-corrected chi connectivity index (χ2v) is 8.51. The summed E-state index contributed by atoms with van der Waals surface area (Å²) in [5, 5.41) is 7.08. The Morgan fingerprint density at radius 2 is 1.87 bits per heavy atom. The number of nitrogens with zero attached hydrogens (tertiary/aromatic N) is 3. The molecule has 2 aromatic heterocycles. The molecular weight excluding hydrogens is 408 g/mol. The number of carbonyl (C=O) groups excluding carboxylic acids is 1. The van der Waals surface area contributed by atoms with Gasteiger partial charge in [-0.15, -0.1) is 11.8 Å². The Bertz CT molecular complexity index is 1190. The van der Waals surface area contributed by atoms with E-state index in [9.17, 15) is 4.79 Å². The van der Waals surface area contributed by atoms with Crippen LogP contribution in [0.15, 0.2) is 57.9 Å². The van der Waals surface area contributed by atoms with Crippen molar-refractivity contribution < 1.29 is 9.32 Å². The lowest BCUT2D eigenvalue weighted by molar-refractivity contribution is 0.0950. The largest absolute Gasteiger partial charge is 0.361 e. The smallest absolute Gasteiger partial charge is 0.252 e. The fourth-order valence-electron chi connectivity index (χ4n) is 3.65. The molecule has 6 nitrogen and oxygen atoms in total. The van der Waals surface area contributed by atoms with Gasteiger partial charge in [-0.2, -0.15) is 0 Å². The van der Waals surface area contributed by atoms with Gasteiger partial charge in [-0.05, 0) is 51.5 Å². The number of nitrogens with one attached hydrogen (secondary N) is 1. The van der Waals surface area contributed by atoms with Crippen LogP contribution in [-0.4, -0.2) is 27.2 Å². The second-order valence-electron chi connectivity index (χ2n) is 7.50. The summed E-state index contributed by atoms with van der Waals surface area (Å²) in [6, 6.07) is 15.9. The minimum Gasteiger partial charge on any atom is -0.361 e. The molecule has 7 heteroatoms. The van der Waals surface area contributed by atoms with Gasteiger partial charge in [0.15, 0.2) is 0 Å². The number of fused-ring (bicyclic) bond motifs is 1. The van der Waals surface area contributed by atoms with Crippen molar-refractivity contribution in [1.82, 2.24) is 20.0 Å². The van der Waals surface area contributed by atoms with Gasteiger partial charge < -0.3 is 14.4 Å². The zero-order valence-electron chi connectivity index (χ0n) is 18.0. The number of para-hydroxylation sites is 2. The molecule has 0 atom stereocenters. The number of hydrogen-bond donors (Lipinski definition) is 1. The van der Waals surface area contributed by atoms with Crippen LogP contribution in [0.4, 0.5) is 0 Å². The molecule has 1 amide bonds. The highest BCUT2D eigenvalue weighted by Gasteiger charge is 2.14. The number of thioether (sulfide) groups is 1. The summed E-state index contributed by atoms with van der Waals surface area (Å²) in [7, 11) is 0. The summed E-state index contributed by atoms with van der Waals surface area (Å²) < 4.78 is 7.45. The van der Waals surface area contributed by atoms with Gasteiger partial charge in [-0.3, -0.25) is 4.79 Å². The molecule has 2 aromatic carbocycles. The first kappa shape index (κ1) is 21.2. The highest BCUT2D eigenvalue weighted by Crippen LogP contribution is 2.28. The summed E-state index contributed by atoms with van der Waals surface area (Å²) >= 11 is 1.63. The monoisotopic (exact) mass is 434 g/mol. The lowest BCUT2D eigenvalue weighted by Crippen LogP contribution is -2.25. The summed E-state index contributed by atoms with van der Waals surface area (Å²) in [5.74, 6) is 2.50. The van der Waals surface area contributed by atoms with Crippen LogP contribution < -0.4 is 5.32 Å². The molecule has 0 saturated heterocycles. The van der Waals surface area contributed by atoms with Gasteiger partial charge in [0.25, 0.3) is 5.91 Å². The van der Waals surface area contributed by atoms with E-state index in [1.807, 2.05) is 63.2 Å². The summed E-state index contributed by atoms with van der Waals surface area (Å²) in [6.45, 7) is 7.30. The number of rotatable bonds is 8. The molecule has 0 unspecified atom stereocenters. The van der Waals surface area contributed by atoms with Gasteiger partial charge in [-0.25, -0.2) is 4.98 Å². The van der Waals surface area contributed by atoms with Gasteiger partial charge in [0.1, 0.15) is 11.6 Å². The van der Waals surface area contributed by atoms with Crippen LogP contribution in [0.1, 0.15) is 39.6 Å². The average Bonchev–Trinajstić information content (AvgIpc) is 3.27. The van der Waals surface area contributed by atoms with Crippen molar-refractivity contribution in [3.05, 3.63) is 76.9 Å². The maximum atomic E-state index is 12.8. The number of aromatic nitrogens is 3. The number of benzene rings is 2. The molecule has 4 rings (SSSR count). The Labute approximate surface area is 186 Å². The van der Waals surface area contributed by atoms with Crippen molar-refractivity contribution in [3.63, 3.8) is 0 Å². The molecule has 2 heterocycles. The molecule has 0 fully saturated rings. The van der Waals surface area contributed by atoms with E-state index in [0.29, 0.717) is 12.1 Å². The van der Waals surface area contributed by atoms with Crippen LogP contribution in [-0.2, 0) is 12.3 Å². The molecule has 0 aliphatic heterocycles. The predicted octanol–water partition coefficient (Wildman–Crippen LogP) is 5.06. The molecule has 0 aliphatic rings. The Morgan fingerprint density at radius 3 is 2.68 bits per heavy atom. The SMILES string of the molecule is Cc1noc(C)c1CSc1ccccc1C(=O)NCCCn1c(C)nc2ccccc21. The second kappa shape index (κ2) is 9.39. The lowest BCUT2D eigenvalue weighted by atomic mass is 10.2. The maximum absolute atomic E-state index is 12.8. The Balaban J connectivity index is 1.35. The lowest BCUT2D eigenvalue weighted by Gasteiger charge is -2.11. The maximum Gasteiger partial charge on any atom is 0.252 e. The fraction of sp³-hybridized carbons (Fsp3) is 0.292. The predicted molar refractivity (Wildman–Crippen MR) is 123 cm³/mol. The molecule has 0 aliphatic carbocycles. The molecule has 160 valence electrons. The van der Waals surface area contributed by atoms with Gasteiger partial charge in [0.2, 0.25) is 0 Å². The van der Waals surface area contributed by atoms with Crippen molar-refractivity contribution in [2.24, 2.45) is 0 Å². The number of hydrogen-bond acceptors (Lipinski definition) is 5. The van der Waals surface area contributed by atoms with Gasteiger partial charge in [0, 0.05) is 29.3 Å². The summed E-state index contributed by atoms with van der Waals surface area (Å²) in [4.78, 5) is 18.4. The van der Waals surface area contributed by atoms with E-state index in [-0.39, 0.29) is 5.91 Å². The van der Waals surface area contributed by atoms with Crippen molar-refractivity contribution in [2.45, 2.75) is 44.4 Å². The Kier molecular flexibility index (Phi) is 6.42. The molecule has 0 saturated carbocycles. The number of amides is 1. The topological polar surface area (TPSA) is 73.0 Å². The van der Waals surface area contributed by atoms with Gasteiger partial charge in [-0.1, -0.05) is 29.4 Å². The molecule has 0 spiro atoms. The van der Waals surface area contributed by atoms with E-state index in [2.05, 4.69) is 26.1 Å². The molecule has 0 radical (unpaired) electrons. The van der Waals surface area contributed by atoms with E-state index in [4.69, 9.17) is 4.52 Å². The standard InChI is InChI=1S/C24H26N4O2S/c1-16-20(17(2)30-27-16)15-31-23-12-7-4-9-19(23)24(29)25-13-8-14-28-18(3)26-21-10-5-6-11-22(21)28/h4-7,9-12H,8,13-15H2,1-3H3,(H,25,29). The van der Waals surface area contributed by atoms with Crippen molar-refractivity contribution in [2.75, 3.05) is 6.54 Å². The molecule has 0 bridgehead atoms. The van der Waals surface area contributed by atoms with Crippen LogP contribution in [0.3, 0.4) is 0 Å². The molecule has 4 aromatic rings. The Hall–Kier alpha value is -3.06. The fourth-order valence-corrected chi connectivity index (χ4v) is 4.85. The third-order valence-electron chi connectivity index (χ3n) is 5.37. The zero-order valence-corrected chi connectivity index (χ0v) is 18.8. The quantitative estimate of drug-likeness (QED) is 0.310. The normalized spacial score (nSPS) is 11.2. The van der Waals surface area contributed by atoms with Crippen LogP contribution in [0.5, 0.6) is 0 Å². The van der Waals surface area contributed by atoms with E-state index in [0.717, 1.165) is 57.5 Å². The van der Waals surface area contributed by atoms with Crippen molar-refractivity contribution >= 4 is 28.7 Å². The minimum atomic E-state index is -0.0472. The van der Waals surface area contributed by atoms with E-state index < -0.39 is 0 Å². The van der Waals surface area contributed by atoms with Crippen LogP contribution >= 0.6 is 11.8 Å². The highest BCUT2D eigenvalue weighted by molar-refractivity contribution is 7.98. The van der Waals surface area contributed by atoms with Crippen molar-refractivity contribution in [3.8, 4) is 0 Å². The van der Waals surface area contributed by atoms with Gasteiger partial charge >= 0.3 is 0 Å². The van der Waals surface area contributed by atoms with Gasteiger partial charge in [0.05, 0.1) is 22.3 Å². The first-order chi connectivity index (χ1) is 15.0. The third kappa shape index (κ3) is 4.66. The highest BCUT2D eigenvalue weighted by atomic mass is 32.2. The first-order valence-corrected chi connectivity index (χ1v) is 11.4. The molecular formula is C24H26N4O2S. The number of aryl methyl sites for hydroxylation is 4. The molecule has 1 N–H and O–H groups in total. The van der Waals surface area contributed by atoms with Crippen LogP contribution in [0.2, 0.25) is 0 Å². The first-order valence-electron chi connectivity index (χ1n) is 10.4. The summed E-state index contributed by atoms with van der Waals surface area (Å²) in [6.07, 6.45) is 0.835. The van der Waals surface area contributed by atoms with E-state index in [1.165, 1.54) is 0 Å². The summed E-state index contributed by atoms with van der Waals surface area (Å²) in [5.41, 5.74) is 4.82. The molecule has 31 heavy (non-hydrogen) atoms. The third-order valence-corrected chi connectivity index (χ3v) is 6.47. The average molecular weight is 435 g/mol.